The molecule has 0 heterocycles. The zero-order chi connectivity index (χ0) is 29.8. The number of carboxylic acid groups (broad SMARTS) is 1. The Hall–Kier alpha value is -3.24. The Morgan fingerprint density at radius 2 is 1.71 bits per heavy atom. The highest BCUT2D eigenvalue weighted by molar-refractivity contribution is 7.89. The fourth-order valence-electron chi connectivity index (χ4n) is 5.70. The third-order valence-corrected chi connectivity index (χ3v) is 9.53. The fraction of sp³-hybridized carbons (Fsp3) is 0.406. The van der Waals surface area contributed by atoms with Gasteiger partial charge in [-0.05, 0) is 79.0 Å². The average molecular weight is 581 g/mol. The van der Waals surface area contributed by atoms with Crippen LogP contribution >= 0.6 is 0 Å². The molecule has 0 fully saturated rings. The minimum atomic E-state index is -4.01. The van der Waals surface area contributed by atoms with Crippen LogP contribution in [0.15, 0.2) is 71.6 Å². The largest absolute Gasteiger partial charge is 0.495 e. The van der Waals surface area contributed by atoms with Crippen molar-refractivity contribution in [2.45, 2.75) is 56.1 Å². The topological polar surface area (TPSA) is 116 Å². The van der Waals surface area contributed by atoms with E-state index < -0.39 is 22.1 Å². The van der Waals surface area contributed by atoms with Gasteiger partial charge in [0.15, 0.2) is 0 Å². The lowest BCUT2D eigenvalue weighted by Gasteiger charge is -2.31. The smallest absolute Gasteiger partial charge is 0.307 e. The van der Waals surface area contributed by atoms with Crippen molar-refractivity contribution in [3.63, 3.8) is 0 Å². The highest BCUT2D eigenvalue weighted by atomic mass is 32.2. The van der Waals surface area contributed by atoms with Crippen LogP contribution in [-0.4, -0.2) is 67.8 Å². The number of benzene rings is 3. The van der Waals surface area contributed by atoms with Gasteiger partial charge in [-0.2, -0.15) is 4.31 Å². The molecule has 0 saturated heterocycles. The Bertz CT molecular complexity index is 1460. The van der Waals surface area contributed by atoms with Gasteiger partial charge < -0.3 is 20.3 Å². The summed E-state index contributed by atoms with van der Waals surface area (Å²) in [6, 6.07) is 20.4. The number of likely N-dealkylation sites (N-methyl/N-ethyl adjacent to an activating group) is 1. The number of hydrogen-bond acceptors (Lipinski definition) is 6. The van der Waals surface area contributed by atoms with Gasteiger partial charge in [-0.15, -0.1) is 0 Å². The van der Waals surface area contributed by atoms with Crippen LogP contribution in [0.1, 0.15) is 37.0 Å². The van der Waals surface area contributed by atoms with Crippen molar-refractivity contribution in [1.29, 1.82) is 0 Å². The number of aliphatic hydroxyl groups excluding tert-OH is 1. The van der Waals surface area contributed by atoms with Crippen molar-refractivity contribution >= 4 is 16.0 Å². The normalized spacial score (nSPS) is 14.7. The molecule has 41 heavy (non-hydrogen) atoms. The first-order valence-electron chi connectivity index (χ1n) is 13.8. The van der Waals surface area contributed by atoms with Crippen LogP contribution in [0.4, 0.5) is 0 Å². The predicted octanol–water partition coefficient (Wildman–Crippen LogP) is 4.14. The van der Waals surface area contributed by atoms with Crippen molar-refractivity contribution in [1.82, 2.24) is 9.62 Å². The molecule has 1 aliphatic rings. The molecule has 3 aromatic carbocycles. The van der Waals surface area contributed by atoms with Crippen LogP contribution in [0, 0.1) is 5.92 Å². The molecule has 0 spiro atoms. The van der Waals surface area contributed by atoms with Gasteiger partial charge >= 0.3 is 5.97 Å². The molecule has 4 rings (SSSR count). The van der Waals surface area contributed by atoms with Crippen LogP contribution in [0.2, 0.25) is 0 Å². The van der Waals surface area contributed by atoms with E-state index in [1.807, 2.05) is 0 Å². The number of ether oxygens (including phenoxy) is 1. The van der Waals surface area contributed by atoms with E-state index in [0.29, 0.717) is 22.6 Å². The number of β-amino-alcohol motifs (C(OH)–C–C–N with tert-alkyl or cyclic N) is 1. The Morgan fingerprint density at radius 1 is 1.05 bits per heavy atom. The van der Waals surface area contributed by atoms with Gasteiger partial charge in [-0.3, -0.25) is 4.79 Å². The molecule has 1 unspecified atom stereocenters. The van der Waals surface area contributed by atoms with E-state index in [2.05, 4.69) is 43.4 Å². The molecule has 1 atom stereocenters. The number of hydrogen-bond donors (Lipinski definition) is 3. The number of aliphatic carboxylic acids is 1. The summed E-state index contributed by atoms with van der Waals surface area (Å²) >= 11 is 0. The third kappa shape index (κ3) is 7.74. The first kappa shape index (κ1) is 30.7. The first-order chi connectivity index (χ1) is 19.4. The van der Waals surface area contributed by atoms with Crippen LogP contribution in [0.25, 0.3) is 11.1 Å². The fourth-order valence-corrected chi connectivity index (χ4v) is 7.09. The second kappa shape index (κ2) is 12.7. The summed E-state index contributed by atoms with van der Waals surface area (Å²) in [6.45, 7) is 4.39. The maximum absolute atomic E-state index is 13.6. The lowest BCUT2D eigenvalue weighted by atomic mass is 9.88. The first-order valence-corrected chi connectivity index (χ1v) is 15.3. The number of methoxy groups -OCH3 is 1. The number of nitrogens with one attached hydrogen (secondary N) is 1. The molecule has 9 heteroatoms. The maximum Gasteiger partial charge on any atom is 0.307 e. The quantitative estimate of drug-likeness (QED) is 0.278. The minimum absolute atomic E-state index is 0.0232. The lowest BCUT2D eigenvalue weighted by Crippen LogP contribution is -2.47. The molecule has 0 amide bonds. The monoisotopic (exact) mass is 580 g/mol. The number of nitrogens with zero attached hydrogens (tertiary/aromatic N) is 1. The average Bonchev–Trinajstić information content (AvgIpc) is 3.33. The second-order valence-corrected chi connectivity index (χ2v) is 13.6. The summed E-state index contributed by atoms with van der Waals surface area (Å²) in [5.74, 6) is -0.226. The number of rotatable bonds is 13. The Labute approximate surface area is 243 Å². The zero-order valence-electron chi connectivity index (χ0n) is 24.1. The third-order valence-electron chi connectivity index (χ3n) is 7.69. The number of carbonyl (C=O) groups is 1. The molecule has 3 N–H and O–H groups in total. The summed E-state index contributed by atoms with van der Waals surface area (Å²) in [5, 5.41) is 23.4. The molecule has 8 nitrogen and oxygen atoms in total. The van der Waals surface area contributed by atoms with E-state index >= 15 is 0 Å². The molecule has 0 saturated carbocycles. The van der Waals surface area contributed by atoms with Crippen molar-refractivity contribution in [3.8, 4) is 16.9 Å². The van der Waals surface area contributed by atoms with Crippen LogP contribution in [0.3, 0.4) is 0 Å². The van der Waals surface area contributed by atoms with E-state index in [0.717, 1.165) is 23.6 Å². The van der Waals surface area contributed by atoms with Crippen molar-refractivity contribution in [2.24, 2.45) is 5.92 Å². The SMILES string of the molecule is COc1ccc(-c2cccc(CC(=O)O)c2)cc1S(=O)(=O)N(C)CC(O)CNC(C)(C)CC1Cc2ccccc2C1. The highest BCUT2D eigenvalue weighted by Gasteiger charge is 2.30. The second-order valence-electron chi connectivity index (χ2n) is 11.6. The van der Waals surface area contributed by atoms with Crippen LogP contribution < -0.4 is 10.1 Å². The minimum Gasteiger partial charge on any atom is -0.495 e. The number of carboxylic acids is 1. The van der Waals surface area contributed by atoms with Gasteiger partial charge in [0, 0.05) is 25.7 Å². The highest BCUT2D eigenvalue weighted by Crippen LogP contribution is 2.33. The molecule has 0 bridgehead atoms. The van der Waals surface area contributed by atoms with E-state index in [-0.39, 0.29) is 35.7 Å². The van der Waals surface area contributed by atoms with Gasteiger partial charge in [0.25, 0.3) is 0 Å². The summed E-state index contributed by atoms with van der Waals surface area (Å²) in [7, 11) is -1.16. The molecule has 1 aliphatic carbocycles. The Morgan fingerprint density at radius 3 is 2.34 bits per heavy atom. The molecule has 0 radical (unpaired) electrons. The molecule has 220 valence electrons. The van der Waals surface area contributed by atoms with Gasteiger partial charge in [-0.1, -0.05) is 54.6 Å². The number of fused-ring (bicyclic) bond motifs is 1. The van der Waals surface area contributed by atoms with E-state index in [1.165, 1.54) is 31.4 Å². The van der Waals surface area contributed by atoms with Gasteiger partial charge in [0.1, 0.15) is 10.6 Å². The molecular weight excluding hydrogens is 540 g/mol. The molecule has 0 aliphatic heterocycles. The molecule has 3 aromatic rings. The van der Waals surface area contributed by atoms with E-state index in [4.69, 9.17) is 9.84 Å². The summed E-state index contributed by atoms with van der Waals surface area (Å²) in [4.78, 5) is 11.1. The van der Waals surface area contributed by atoms with Crippen molar-refractivity contribution in [2.75, 3.05) is 27.2 Å². The van der Waals surface area contributed by atoms with E-state index in [1.54, 1.807) is 36.4 Å². The lowest BCUT2D eigenvalue weighted by molar-refractivity contribution is -0.136. The summed E-state index contributed by atoms with van der Waals surface area (Å²) < 4.78 is 33.8. The Kier molecular flexibility index (Phi) is 9.54. The standard InChI is InChI=1S/C32H40N2O6S/c1-32(2,19-23-15-24-9-5-6-10-25(24)16-23)33-20-28(35)21-34(3)41(38,39)30-18-27(12-13-29(30)40-4)26-11-7-8-22(14-26)17-31(36)37/h5-14,18,23,28,33,35H,15-17,19-21H2,1-4H3,(H,36,37). The Balaban J connectivity index is 1.41. The van der Waals surface area contributed by atoms with Gasteiger partial charge in [-0.25, -0.2) is 8.42 Å². The number of aliphatic hydroxyl groups is 1. The summed E-state index contributed by atoms with van der Waals surface area (Å²) in [6.07, 6.45) is 2.00. The van der Waals surface area contributed by atoms with Crippen LogP contribution in [-0.2, 0) is 34.1 Å². The van der Waals surface area contributed by atoms with Crippen molar-refractivity contribution in [3.05, 3.63) is 83.4 Å². The zero-order valence-corrected chi connectivity index (χ0v) is 24.9. The van der Waals surface area contributed by atoms with Gasteiger partial charge in [0.05, 0.1) is 19.6 Å². The summed E-state index contributed by atoms with van der Waals surface area (Å²) in [5.41, 5.74) is 4.52. The number of sulfonamides is 1. The van der Waals surface area contributed by atoms with E-state index in [9.17, 15) is 18.3 Å². The maximum atomic E-state index is 13.6. The predicted molar refractivity (Wildman–Crippen MR) is 160 cm³/mol. The van der Waals surface area contributed by atoms with Crippen LogP contribution in [0.5, 0.6) is 5.75 Å². The molecule has 0 aromatic heterocycles. The van der Waals surface area contributed by atoms with Crippen molar-refractivity contribution < 1.29 is 28.2 Å². The molecular formula is C32H40N2O6S. The van der Waals surface area contributed by atoms with Gasteiger partial charge in [0.2, 0.25) is 10.0 Å².